The smallest absolute Gasteiger partial charge is 0.330 e. The van der Waals surface area contributed by atoms with Crippen LogP contribution in [0.4, 0.5) is 24.0 Å². The maximum atomic E-state index is 16.5. The number of Topliss-reactive ketones (excluding diaryl/α,β-unsaturated/α-hetero) is 1. The Kier molecular flexibility index (Phi) is 8.65. The van der Waals surface area contributed by atoms with E-state index in [1.807, 2.05) is 0 Å². The molecule has 2 aliphatic rings. The number of ketones is 1. The van der Waals surface area contributed by atoms with E-state index in [1.54, 1.807) is 6.07 Å². The lowest BCUT2D eigenvalue weighted by atomic mass is 9.87. The number of methoxy groups -OCH3 is 1. The van der Waals surface area contributed by atoms with Gasteiger partial charge in [-0.15, -0.1) is 0 Å². The van der Waals surface area contributed by atoms with Crippen LogP contribution >= 0.6 is 22.9 Å². The number of hydrogen-bond donors (Lipinski definition) is 1. The van der Waals surface area contributed by atoms with Gasteiger partial charge in [-0.25, -0.2) is 18.7 Å². The lowest BCUT2D eigenvalue weighted by Gasteiger charge is -2.37. The highest BCUT2D eigenvalue weighted by Gasteiger charge is 2.49. The third kappa shape index (κ3) is 6.12. The summed E-state index contributed by atoms with van der Waals surface area (Å²) in [5, 5.41) is 3.44. The number of rotatable bonds is 9. The Labute approximate surface area is 238 Å². The number of nitrogens with one attached hydrogen (secondary N) is 1. The molecule has 3 aromatic rings. The Morgan fingerprint density at radius 1 is 1.15 bits per heavy atom. The number of esters is 1. The highest BCUT2D eigenvalue weighted by atomic mass is 35.5. The molecule has 12 heteroatoms. The van der Waals surface area contributed by atoms with Crippen molar-refractivity contribution in [3.8, 4) is 0 Å². The largest absolute Gasteiger partial charge is 0.469 e. The van der Waals surface area contributed by atoms with E-state index in [9.17, 15) is 14.0 Å². The van der Waals surface area contributed by atoms with E-state index in [-0.39, 0.29) is 28.2 Å². The summed E-state index contributed by atoms with van der Waals surface area (Å²) < 4.78 is 56.5. The molecule has 0 amide bonds. The molecule has 0 bridgehead atoms. The fraction of sp³-hybridized carbons (Fsp3) is 0.464. The molecule has 2 heterocycles. The Morgan fingerprint density at radius 3 is 2.58 bits per heavy atom. The molecule has 0 spiro atoms. The zero-order valence-corrected chi connectivity index (χ0v) is 23.4. The van der Waals surface area contributed by atoms with Crippen LogP contribution in [-0.4, -0.2) is 53.9 Å². The van der Waals surface area contributed by atoms with Gasteiger partial charge in [0.05, 0.1) is 40.1 Å². The van der Waals surface area contributed by atoms with Crippen molar-refractivity contribution in [3.05, 3.63) is 52.6 Å². The van der Waals surface area contributed by atoms with Crippen LogP contribution in [0.2, 0.25) is 5.02 Å². The molecule has 1 saturated heterocycles. The number of fused-ring (bicyclic) bond motifs is 1. The van der Waals surface area contributed by atoms with E-state index in [2.05, 4.69) is 10.3 Å². The van der Waals surface area contributed by atoms with Gasteiger partial charge >= 0.3 is 11.9 Å². The molecule has 214 valence electrons. The number of carbonyl (C=O) groups is 2. The zero-order valence-electron chi connectivity index (χ0n) is 21.9. The first kappa shape index (κ1) is 28.8. The van der Waals surface area contributed by atoms with Crippen LogP contribution < -0.4 is 5.32 Å². The number of ether oxygens (including phenoxy) is 2. The third-order valence-corrected chi connectivity index (χ3v) is 8.73. The summed E-state index contributed by atoms with van der Waals surface area (Å²) >= 11 is 7.66. The summed E-state index contributed by atoms with van der Waals surface area (Å²) in [5.74, 6) is -5.36. The van der Waals surface area contributed by atoms with Crippen molar-refractivity contribution in [3.63, 3.8) is 0 Å². The van der Waals surface area contributed by atoms with Gasteiger partial charge in [0.25, 0.3) is 0 Å². The molecular formula is C28H29ClF3N3O4S. The Morgan fingerprint density at radius 2 is 1.88 bits per heavy atom. The number of carbonyl (C=O) groups excluding carboxylic acids is 2. The monoisotopic (exact) mass is 595 g/mol. The van der Waals surface area contributed by atoms with E-state index in [1.165, 1.54) is 41.5 Å². The van der Waals surface area contributed by atoms with E-state index >= 15 is 8.78 Å². The van der Waals surface area contributed by atoms with Crippen LogP contribution in [0.25, 0.3) is 10.2 Å². The van der Waals surface area contributed by atoms with Gasteiger partial charge < -0.3 is 14.8 Å². The molecule has 1 aliphatic heterocycles. The summed E-state index contributed by atoms with van der Waals surface area (Å²) in [5.41, 5.74) is 0.594. The Hall–Kier alpha value is -2.73. The quantitative estimate of drug-likeness (QED) is 0.222. The number of nitrogens with zero attached hydrogens (tertiary/aromatic N) is 2. The van der Waals surface area contributed by atoms with Crippen molar-refractivity contribution in [1.29, 1.82) is 0 Å². The minimum Gasteiger partial charge on any atom is -0.469 e. The van der Waals surface area contributed by atoms with Crippen LogP contribution in [0.1, 0.15) is 44.1 Å². The minimum absolute atomic E-state index is 0.0638. The van der Waals surface area contributed by atoms with E-state index < -0.39 is 35.9 Å². The number of aromatic nitrogens is 1. The highest BCUT2D eigenvalue weighted by molar-refractivity contribution is 7.22. The van der Waals surface area contributed by atoms with Gasteiger partial charge in [-0.05, 0) is 68.4 Å². The SMILES string of the molecule is COC(=O)[C@H]1CC[C@H](OC(F)(C(=O)Cc2cc(Cl)c(Nc3nc4cc(F)ccc4s3)cc2F)N2CCCC2)CC1. The van der Waals surface area contributed by atoms with E-state index in [0.29, 0.717) is 49.4 Å². The van der Waals surface area contributed by atoms with Crippen molar-refractivity contribution >= 4 is 55.7 Å². The van der Waals surface area contributed by atoms with Gasteiger partial charge in [-0.1, -0.05) is 22.9 Å². The molecule has 1 N–H and O–H groups in total. The maximum absolute atomic E-state index is 16.5. The molecule has 1 unspecified atom stereocenters. The molecule has 0 radical (unpaired) electrons. The number of alkyl halides is 1. The number of anilines is 2. The summed E-state index contributed by atoms with van der Waals surface area (Å²) in [4.78, 5) is 30.9. The van der Waals surface area contributed by atoms with Gasteiger partial charge in [0, 0.05) is 25.6 Å². The van der Waals surface area contributed by atoms with Gasteiger partial charge in [-0.2, -0.15) is 4.39 Å². The first-order valence-electron chi connectivity index (χ1n) is 13.2. The van der Waals surface area contributed by atoms with Gasteiger partial charge in [-0.3, -0.25) is 9.59 Å². The number of halogens is 4. The van der Waals surface area contributed by atoms with Crippen molar-refractivity contribution in [2.45, 2.75) is 57.0 Å². The molecule has 1 aliphatic carbocycles. The number of likely N-dealkylation sites (tertiary alicyclic amines) is 1. The summed E-state index contributed by atoms with van der Waals surface area (Å²) in [6.45, 7) is 0.690. The van der Waals surface area contributed by atoms with Crippen molar-refractivity contribution in [1.82, 2.24) is 9.88 Å². The zero-order chi connectivity index (χ0) is 28.4. The van der Waals surface area contributed by atoms with E-state index in [0.717, 1.165) is 23.6 Å². The summed E-state index contributed by atoms with van der Waals surface area (Å²) in [7, 11) is 1.33. The lowest BCUT2D eigenvalue weighted by molar-refractivity contribution is -0.252. The van der Waals surface area contributed by atoms with Crippen molar-refractivity contribution in [2.75, 3.05) is 25.5 Å². The predicted molar refractivity (Wildman–Crippen MR) is 146 cm³/mol. The normalized spacial score (nSPS) is 21.3. The van der Waals surface area contributed by atoms with Crippen LogP contribution in [0, 0.1) is 17.6 Å². The molecule has 40 heavy (non-hydrogen) atoms. The van der Waals surface area contributed by atoms with Crippen LogP contribution in [0.15, 0.2) is 30.3 Å². The van der Waals surface area contributed by atoms with E-state index in [4.69, 9.17) is 21.1 Å². The Bertz CT molecular complexity index is 1410. The fourth-order valence-corrected chi connectivity index (χ4v) is 6.39. The number of hydrogen-bond acceptors (Lipinski definition) is 8. The molecule has 1 atom stereocenters. The molecule has 7 nitrogen and oxygen atoms in total. The average Bonchev–Trinajstić information content (AvgIpc) is 3.61. The maximum Gasteiger partial charge on any atom is 0.330 e. The second kappa shape index (κ2) is 12.0. The molecule has 2 aromatic carbocycles. The predicted octanol–water partition coefficient (Wildman–Crippen LogP) is 6.55. The fourth-order valence-electron chi connectivity index (χ4n) is 5.30. The first-order chi connectivity index (χ1) is 19.2. The number of benzene rings is 2. The molecule has 2 fully saturated rings. The average molecular weight is 596 g/mol. The van der Waals surface area contributed by atoms with Crippen LogP contribution in [-0.2, 0) is 25.5 Å². The molecule has 1 saturated carbocycles. The van der Waals surface area contributed by atoms with Crippen molar-refractivity contribution in [2.24, 2.45) is 5.92 Å². The van der Waals surface area contributed by atoms with Crippen LogP contribution in [0.5, 0.6) is 0 Å². The second-order valence-corrected chi connectivity index (χ2v) is 11.6. The molecule has 1 aromatic heterocycles. The standard InChI is InChI=1S/C28H29ClF3N3O4S/c1-38-26(37)16-4-7-19(8-5-16)39-28(32,35-10-2-3-11-35)25(36)13-17-12-20(29)22(15-21(17)31)33-27-34-23-14-18(30)6-9-24(23)40-27/h6,9,12,14-16,19H,2-5,7-8,10-11,13H2,1H3,(H,33,34)/t16-,19-,28?. The van der Waals surface area contributed by atoms with Crippen LogP contribution in [0.3, 0.4) is 0 Å². The Balaban J connectivity index is 1.30. The second-order valence-electron chi connectivity index (χ2n) is 10.1. The van der Waals surface area contributed by atoms with Gasteiger partial charge in [0.1, 0.15) is 11.6 Å². The summed E-state index contributed by atoms with van der Waals surface area (Å²) in [6, 6.07) is 6.64. The molecule has 5 rings (SSSR count). The van der Waals surface area contributed by atoms with Crippen molar-refractivity contribution < 1.29 is 32.2 Å². The summed E-state index contributed by atoms with van der Waals surface area (Å²) in [6.07, 6.45) is 2.09. The third-order valence-electron chi connectivity index (χ3n) is 7.47. The van der Waals surface area contributed by atoms with Gasteiger partial charge in [0.15, 0.2) is 5.13 Å². The first-order valence-corrected chi connectivity index (χ1v) is 14.4. The highest BCUT2D eigenvalue weighted by Crippen LogP contribution is 2.36. The lowest BCUT2D eigenvalue weighted by Crippen LogP contribution is -2.54. The molecular weight excluding hydrogens is 567 g/mol. The topological polar surface area (TPSA) is 80.8 Å². The minimum atomic E-state index is -2.72. The number of thiazole rings is 1. The van der Waals surface area contributed by atoms with Gasteiger partial charge in [0.2, 0.25) is 5.78 Å².